The van der Waals surface area contributed by atoms with Crippen LogP contribution in [0.5, 0.6) is 0 Å². The molecule has 0 aliphatic rings. The number of hydrogen-bond acceptors (Lipinski definition) is 4. The van der Waals surface area contributed by atoms with Gasteiger partial charge in [-0.1, -0.05) is 18.2 Å². The smallest absolute Gasteiger partial charge is 0.236 e. The normalized spacial score (nSPS) is 10.6. The molecule has 1 aromatic carbocycles. The van der Waals surface area contributed by atoms with E-state index in [4.69, 9.17) is 11.5 Å². The molecule has 1 heterocycles. The van der Waals surface area contributed by atoms with Crippen molar-refractivity contribution in [1.29, 1.82) is 0 Å². The SMILES string of the molecule is CN(CC(N)=O)c1c(CN)cnc2ccccc12. The number of pyridine rings is 1. The summed E-state index contributed by atoms with van der Waals surface area (Å²) in [4.78, 5) is 17.2. The summed E-state index contributed by atoms with van der Waals surface area (Å²) in [5, 5.41) is 0.976. The largest absolute Gasteiger partial charge is 0.368 e. The van der Waals surface area contributed by atoms with E-state index >= 15 is 0 Å². The lowest BCUT2D eigenvalue weighted by Gasteiger charge is -2.22. The van der Waals surface area contributed by atoms with Crippen LogP contribution in [0.4, 0.5) is 5.69 Å². The van der Waals surface area contributed by atoms with E-state index < -0.39 is 0 Å². The Hall–Kier alpha value is -2.14. The van der Waals surface area contributed by atoms with Gasteiger partial charge in [0.2, 0.25) is 5.91 Å². The molecular weight excluding hydrogens is 228 g/mol. The minimum atomic E-state index is -0.374. The molecule has 0 saturated carbocycles. The molecule has 94 valence electrons. The van der Waals surface area contributed by atoms with E-state index in [2.05, 4.69) is 4.98 Å². The molecule has 1 aromatic heterocycles. The van der Waals surface area contributed by atoms with Crippen molar-refractivity contribution in [2.75, 3.05) is 18.5 Å². The number of likely N-dealkylation sites (N-methyl/N-ethyl adjacent to an activating group) is 1. The molecule has 5 heteroatoms. The van der Waals surface area contributed by atoms with Crippen molar-refractivity contribution in [1.82, 2.24) is 4.98 Å². The van der Waals surface area contributed by atoms with Crippen LogP contribution in [0.3, 0.4) is 0 Å². The van der Waals surface area contributed by atoms with Crippen molar-refractivity contribution in [3.8, 4) is 0 Å². The summed E-state index contributed by atoms with van der Waals surface area (Å²) in [6.07, 6.45) is 1.75. The van der Waals surface area contributed by atoms with Gasteiger partial charge in [0.05, 0.1) is 17.7 Å². The zero-order valence-electron chi connectivity index (χ0n) is 10.3. The molecular formula is C13H16N4O. The lowest BCUT2D eigenvalue weighted by Crippen LogP contribution is -2.31. The van der Waals surface area contributed by atoms with Gasteiger partial charge in [0, 0.05) is 30.7 Å². The van der Waals surface area contributed by atoms with Crippen LogP contribution in [-0.4, -0.2) is 24.5 Å². The molecule has 2 rings (SSSR count). The zero-order chi connectivity index (χ0) is 13.1. The average molecular weight is 244 g/mol. The topological polar surface area (TPSA) is 85.2 Å². The zero-order valence-corrected chi connectivity index (χ0v) is 10.3. The fourth-order valence-electron chi connectivity index (χ4n) is 2.08. The fourth-order valence-corrected chi connectivity index (χ4v) is 2.08. The number of carbonyl (C=O) groups is 1. The van der Waals surface area contributed by atoms with Gasteiger partial charge in [-0.25, -0.2) is 0 Å². The van der Waals surface area contributed by atoms with Gasteiger partial charge in [-0.15, -0.1) is 0 Å². The Morgan fingerprint density at radius 2 is 2.11 bits per heavy atom. The van der Waals surface area contributed by atoms with Crippen LogP contribution in [0.25, 0.3) is 10.9 Å². The first-order valence-corrected chi connectivity index (χ1v) is 5.69. The van der Waals surface area contributed by atoms with Gasteiger partial charge in [-0.3, -0.25) is 9.78 Å². The Kier molecular flexibility index (Phi) is 3.43. The molecule has 0 fully saturated rings. The molecule has 2 aromatic rings. The second kappa shape index (κ2) is 5.01. The van der Waals surface area contributed by atoms with Gasteiger partial charge in [-0.05, 0) is 6.07 Å². The highest BCUT2D eigenvalue weighted by molar-refractivity contribution is 5.94. The maximum atomic E-state index is 11.1. The Morgan fingerprint density at radius 1 is 1.39 bits per heavy atom. The Balaban J connectivity index is 2.60. The van der Waals surface area contributed by atoms with Crippen molar-refractivity contribution >= 4 is 22.5 Å². The number of aromatic nitrogens is 1. The number of primary amides is 1. The fraction of sp³-hybridized carbons (Fsp3) is 0.231. The van der Waals surface area contributed by atoms with Crippen molar-refractivity contribution < 1.29 is 4.79 Å². The van der Waals surface area contributed by atoms with E-state index in [0.29, 0.717) is 6.54 Å². The molecule has 0 spiro atoms. The van der Waals surface area contributed by atoms with Crippen LogP contribution in [0.2, 0.25) is 0 Å². The molecule has 1 amide bonds. The minimum Gasteiger partial charge on any atom is -0.368 e. The third-order valence-corrected chi connectivity index (χ3v) is 2.82. The van der Waals surface area contributed by atoms with Gasteiger partial charge >= 0.3 is 0 Å². The predicted octanol–water partition coefficient (Wildman–Crippen LogP) is 0.615. The highest BCUT2D eigenvalue weighted by Gasteiger charge is 2.13. The predicted molar refractivity (Wildman–Crippen MR) is 72.1 cm³/mol. The number of rotatable bonds is 4. The van der Waals surface area contributed by atoms with Crippen molar-refractivity contribution in [3.05, 3.63) is 36.0 Å². The van der Waals surface area contributed by atoms with Crippen LogP contribution < -0.4 is 16.4 Å². The molecule has 5 nitrogen and oxygen atoms in total. The van der Waals surface area contributed by atoms with E-state index in [0.717, 1.165) is 22.2 Å². The summed E-state index contributed by atoms with van der Waals surface area (Å²) in [5.41, 5.74) is 13.7. The number of nitrogens with two attached hydrogens (primary N) is 2. The number of nitrogens with zero attached hydrogens (tertiary/aromatic N) is 2. The quantitative estimate of drug-likeness (QED) is 0.825. The molecule has 0 aliphatic heterocycles. The summed E-state index contributed by atoms with van der Waals surface area (Å²) in [5.74, 6) is -0.374. The molecule has 0 saturated heterocycles. The standard InChI is InChI=1S/C13H16N4O/c1-17(8-12(15)18)13-9(6-14)7-16-11-5-3-2-4-10(11)13/h2-5,7H,6,8,14H2,1H3,(H2,15,18). The average Bonchev–Trinajstić information content (AvgIpc) is 2.36. The van der Waals surface area contributed by atoms with Crippen molar-refractivity contribution in [2.45, 2.75) is 6.54 Å². The van der Waals surface area contributed by atoms with Crippen LogP contribution in [0, 0.1) is 0 Å². The highest BCUT2D eigenvalue weighted by atomic mass is 16.1. The minimum absolute atomic E-state index is 0.154. The maximum Gasteiger partial charge on any atom is 0.236 e. The number of para-hydroxylation sites is 1. The monoisotopic (exact) mass is 244 g/mol. The van der Waals surface area contributed by atoms with E-state index in [9.17, 15) is 4.79 Å². The Morgan fingerprint density at radius 3 is 2.78 bits per heavy atom. The highest BCUT2D eigenvalue weighted by Crippen LogP contribution is 2.28. The Bertz CT molecular complexity index is 582. The molecule has 0 atom stereocenters. The lowest BCUT2D eigenvalue weighted by molar-refractivity contribution is -0.116. The van der Waals surface area contributed by atoms with Crippen LogP contribution in [-0.2, 0) is 11.3 Å². The second-order valence-corrected chi connectivity index (χ2v) is 4.18. The molecule has 0 aliphatic carbocycles. The van der Waals surface area contributed by atoms with Gasteiger partial charge in [0.1, 0.15) is 0 Å². The molecule has 0 radical (unpaired) electrons. The van der Waals surface area contributed by atoms with Crippen LogP contribution in [0.15, 0.2) is 30.5 Å². The third-order valence-electron chi connectivity index (χ3n) is 2.82. The number of fused-ring (bicyclic) bond motifs is 1. The molecule has 0 unspecified atom stereocenters. The first-order chi connectivity index (χ1) is 8.63. The number of benzene rings is 1. The van der Waals surface area contributed by atoms with Crippen molar-refractivity contribution in [2.24, 2.45) is 11.5 Å². The summed E-state index contributed by atoms with van der Waals surface area (Å²) in [6, 6.07) is 7.76. The van der Waals surface area contributed by atoms with E-state index in [1.54, 1.807) is 6.20 Å². The van der Waals surface area contributed by atoms with Gasteiger partial charge in [0.25, 0.3) is 0 Å². The van der Waals surface area contributed by atoms with E-state index in [-0.39, 0.29) is 12.5 Å². The van der Waals surface area contributed by atoms with E-state index in [1.807, 2.05) is 36.2 Å². The van der Waals surface area contributed by atoms with E-state index in [1.165, 1.54) is 0 Å². The van der Waals surface area contributed by atoms with Crippen molar-refractivity contribution in [3.63, 3.8) is 0 Å². The Labute approximate surface area is 105 Å². The number of hydrogen-bond donors (Lipinski definition) is 2. The van der Waals surface area contributed by atoms with Gasteiger partial charge < -0.3 is 16.4 Å². The first kappa shape index (κ1) is 12.3. The lowest BCUT2D eigenvalue weighted by atomic mass is 10.1. The molecule has 0 bridgehead atoms. The second-order valence-electron chi connectivity index (χ2n) is 4.18. The first-order valence-electron chi connectivity index (χ1n) is 5.69. The third kappa shape index (κ3) is 2.26. The van der Waals surface area contributed by atoms with Gasteiger partial charge in [0.15, 0.2) is 0 Å². The number of anilines is 1. The summed E-state index contributed by atoms with van der Waals surface area (Å²) in [7, 11) is 1.83. The number of amides is 1. The summed E-state index contributed by atoms with van der Waals surface area (Å²) < 4.78 is 0. The van der Waals surface area contributed by atoms with Gasteiger partial charge in [-0.2, -0.15) is 0 Å². The number of carbonyl (C=O) groups excluding carboxylic acids is 1. The van der Waals surface area contributed by atoms with Crippen LogP contribution >= 0.6 is 0 Å². The maximum absolute atomic E-state index is 11.1. The molecule has 18 heavy (non-hydrogen) atoms. The molecule has 4 N–H and O–H groups in total. The summed E-state index contributed by atoms with van der Waals surface area (Å²) in [6.45, 7) is 0.525. The summed E-state index contributed by atoms with van der Waals surface area (Å²) >= 11 is 0. The van der Waals surface area contributed by atoms with Crippen LogP contribution in [0.1, 0.15) is 5.56 Å².